The van der Waals surface area contributed by atoms with Crippen LogP contribution < -0.4 is 10.2 Å². The average molecular weight is 482 g/mol. The molecule has 0 spiro atoms. The molecule has 1 unspecified atom stereocenters. The van der Waals surface area contributed by atoms with Crippen LogP contribution in [0.3, 0.4) is 0 Å². The Morgan fingerprint density at radius 2 is 1.92 bits per heavy atom. The number of benzene rings is 2. The van der Waals surface area contributed by atoms with Gasteiger partial charge in [0.15, 0.2) is 5.82 Å². The predicted octanol–water partition coefficient (Wildman–Crippen LogP) is 5.67. The number of nitrogens with one attached hydrogen (secondary N) is 1. The summed E-state index contributed by atoms with van der Waals surface area (Å²) in [5, 5.41) is 7.99. The lowest BCUT2D eigenvalue weighted by Gasteiger charge is -2.33. The minimum atomic E-state index is -0.0579. The van der Waals surface area contributed by atoms with Gasteiger partial charge in [-0.15, -0.1) is 0 Å². The van der Waals surface area contributed by atoms with Gasteiger partial charge in [0.25, 0.3) is 0 Å². The van der Waals surface area contributed by atoms with Crippen molar-refractivity contribution >= 4 is 17.2 Å². The van der Waals surface area contributed by atoms with E-state index in [1.165, 1.54) is 16.7 Å². The number of fused-ring (bicyclic) bond motifs is 1. The van der Waals surface area contributed by atoms with Crippen molar-refractivity contribution in [3.63, 3.8) is 0 Å². The van der Waals surface area contributed by atoms with Crippen molar-refractivity contribution in [1.82, 2.24) is 19.9 Å². The molecule has 6 heteroatoms. The lowest BCUT2D eigenvalue weighted by Crippen LogP contribution is -2.43. The van der Waals surface area contributed by atoms with Gasteiger partial charge in [-0.05, 0) is 55.4 Å². The van der Waals surface area contributed by atoms with Crippen LogP contribution in [0.5, 0.6) is 0 Å². The van der Waals surface area contributed by atoms with Crippen LogP contribution in [0.2, 0.25) is 0 Å². The Morgan fingerprint density at radius 1 is 1.11 bits per heavy atom. The Labute approximate surface area is 213 Å². The van der Waals surface area contributed by atoms with Crippen LogP contribution >= 0.6 is 0 Å². The molecule has 1 amide bonds. The fourth-order valence-corrected chi connectivity index (χ4v) is 5.12. The molecular formula is C30H35N5O. The third-order valence-electron chi connectivity index (χ3n) is 7.23. The van der Waals surface area contributed by atoms with Crippen molar-refractivity contribution in [2.45, 2.75) is 53.0 Å². The zero-order chi connectivity index (χ0) is 25.2. The Kier molecular flexibility index (Phi) is 6.77. The Bertz CT molecular complexity index is 1370. The van der Waals surface area contributed by atoms with Crippen molar-refractivity contribution in [1.29, 1.82) is 0 Å². The fourth-order valence-electron chi connectivity index (χ4n) is 5.12. The Morgan fingerprint density at radius 3 is 2.67 bits per heavy atom. The fraction of sp³-hybridized carbons (Fsp3) is 0.367. The van der Waals surface area contributed by atoms with Gasteiger partial charge in [-0.2, -0.15) is 5.10 Å². The maximum absolute atomic E-state index is 13.1. The summed E-state index contributed by atoms with van der Waals surface area (Å²) in [6, 6.07) is 17.1. The molecule has 36 heavy (non-hydrogen) atoms. The van der Waals surface area contributed by atoms with E-state index in [-0.39, 0.29) is 11.8 Å². The van der Waals surface area contributed by atoms with E-state index in [0.29, 0.717) is 19.0 Å². The number of carbonyl (C=O) groups is 1. The van der Waals surface area contributed by atoms with Crippen LogP contribution in [0.4, 0.5) is 5.82 Å². The number of amides is 1. The first-order chi connectivity index (χ1) is 17.4. The van der Waals surface area contributed by atoms with Crippen molar-refractivity contribution in [3.05, 3.63) is 83.2 Å². The van der Waals surface area contributed by atoms with Gasteiger partial charge < -0.3 is 10.2 Å². The van der Waals surface area contributed by atoms with E-state index in [9.17, 15) is 4.79 Å². The van der Waals surface area contributed by atoms with Crippen molar-refractivity contribution in [2.75, 3.05) is 18.0 Å². The second-order valence-corrected chi connectivity index (χ2v) is 10.3. The van der Waals surface area contributed by atoms with E-state index in [1.54, 1.807) is 6.20 Å². The smallest absolute Gasteiger partial charge is 0.225 e. The molecule has 2 aromatic carbocycles. The minimum absolute atomic E-state index is 0.0579. The molecule has 0 saturated carbocycles. The number of piperidine rings is 1. The van der Waals surface area contributed by atoms with Gasteiger partial charge in [0.2, 0.25) is 5.91 Å². The zero-order valence-electron chi connectivity index (χ0n) is 21.7. The first kappa shape index (κ1) is 24.0. The highest BCUT2D eigenvalue weighted by Crippen LogP contribution is 2.30. The van der Waals surface area contributed by atoms with Gasteiger partial charge >= 0.3 is 0 Å². The molecule has 6 nitrogen and oxygen atoms in total. The van der Waals surface area contributed by atoms with Crippen LogP contribution in [-0.4, -0.2) is 33.6 Å². The van der Waals surface area contributed by atoms with Crippen molar-refractivity contribution < 1.29 is 4.79 Å². The summed E-state index contributed by atoms with van der Waals surface area (Å²) in [4.78, 5) is 20.0. The number of nitrogens with zero attached hydrogens (tertiary/aromatic N) is 4. The summed E-state index contributed by atoms with van der Waals surface area (Å²) >= 11 is 0. The number of rotatable bonds is 6. The second-order valence-electron chi connectivity index (χ2n) is 10.3. The zero-order valence-corrected chi connectivity index (χ0v) is 21.7. The van der Waals surface area contributed by atoms with Gasteiger partial charge in [-0.1, -0.05) is 61.9 Å². The summed E-state index contributed by atoms with van der Waals surface area (Å²) in [7, 11) is 0. The summed E-state index contributed by atoms with van der Waals surface area (Å²) < 4.78 is 1.90. The van der Waals surface area contributed by atoms with E-state index >= 15 is 0 Å². The molecule has 0 aliphatic carbocycles. The van der Waals surface area contributed by atoms with Crippen LogP contribution in [-0.2, 0) is 11.3 Å². The molecule has 2 aromatic heterocycles. The second kappa shape index (κ2) is 10.1. The first-order valence-electron chi connectivity index (χ1n) is 12.9. The van der Waals surface area contributed by atoms with Crippen LogP contribution in [0.1, 0.15) is 54.9 Å². The summed E-state index contributed by atoms with van der Waals surface area (Å²) in [5.41, 5.74) is 7.94. The van der Waals surface area contributed by atoms with Crippen LogP contribution in [0, 0.1) is 19.8 Å². The standard InChI is InChI=1S/C30H35N5O/c1-20(2)24-10-8-23(9-11-24)18-32-30(36)25-6-5-14-34(19-25)29-28-17-27(33-35(28)15-13-31-29)26-12-7-21(3)16-22(26)4/h7-13,15-17,20,25H,5-6,14,18-19H2,1-4H3,(H,32,36). The molecule has 0 bridgehead atoms. The van der Waals surface area contributed by atoms with E-state index in [4.69, 9.17) is 10.1 Å². The van der Waals surface area contributed by atoms with Crippen molar-refractivity contribution in [3.8, 4) is 11.3 Å². The number of carbonyl (C=O) groups excluding carboxylic acids is 1. The summed E-state index contributed by atoms with van der Waals surface area (Å²) in [6.07, 6.45) is 5.54. The molecule has 186 valence electrons. The SMILES string of the molecule is Cc1ccc(-c2cc3c(N4CCCC(C(=O)NCc5ccc(C(C)C)cc5)C4)nccn3n2)c(C)c1. The highest BCUT2D eigenvalue weighted by molar-refractivity contribution is 5.81. The monoisotopic (exact) mass is 481 g/mol. The molecule has 3 heterocycles. The molecule has 1 atom stereocenters. The average Bonchev–Trinajstić information content (AvgIpc) is 3.31. The normalized spacial score (nSPS) is 16.0. The van der Waals surface area contributed by atoms with Crippen LogP contribution in [0.25, 0.3) is 16.8 Å². The molecule has 1 fully saturated rings. The highest BCUT2D eigenvalue weighted by atomic mass is 16.1. The summed E-state index contributed by atoms with van der Waals surface area (Å²) in [6.45, 7) is 10.7. The number of hydrogen-bond acceptors (Lipinski definition) is 4. The molecule has 4 aromatic rings. The molecule has 1 N–H and O–H groups in total. The predicted molar refractivity (Wildman–Crippen MR) is 145 cm³/mol. The molecule has 1 saturated heterocycles. The lowest BCUT2D eigenvalue weighted by atomic mass is 9.96. The largest absolute Gasteiger partial charge is 0.354 e. The van der Waals surface area contributed by atoms with Gasteiger partial charge in [0, 0.05) is 37.6 Å². The van der Waals surface area contributed by atoms with Gasteiger partial charge in [-0.3, -0.25) is 4.79 Å². The van der Waals surface area contributed by atoms with E-state index in [0.717, 1.165) is 47.5 Å². The van der Waals surface area contributed by atoms with Crippen LogP contribution in [0.15, 0.2) is 60.9 Å². The highest BCUT2D eigenvalue weighted by Gasteiger charge is 2.28. The van der Waals surface area contributed by atoms with Gasteiger partial charge in [0.1, 0.15) is 5.52 Å². The number of hydrogen-bond donors (Lipinski definition) is 1. The third kappa shape index (κ3) is 4.99. The number of aromatic nitrogens is 3. The Hall–Kier alpha value is -3.67. The molecule has 5 rings (SSSR count). The molecule has 1 aliphatic rings. The maximum atomic E-state index is 13.1. The van der Waals surface area contributed by atoms with Gasteiger partial charge in [0.05, 0.1) is 11.6 Å². The number of aryl methyl sites for hydroxylation is 2. The third-order valence-corrected chi connectivity index (χ3v) is 7.23. The topological polar surface area (TPSA) is 62.5 Å². The summed E-state index contributed by atoms with van der Waals surface area (Å²) in [5.74, 6) is 1.46. The van der Waals surface area contributed by atoms with E-state index < -0.39 is 0 Å². The lowest BCUT2D eigenvalue weighted by molar-refractivity contribution is -0.125. The quantitative estimate of drug-likeness (QED) is 0.385. The molecular weight excluding hydrogens is 446 g/mol. The molecule has 1 aliphatic heterocycles. The first-order valence-corrected chi connectivity index (χ1v) is 12.9. The minimum Gasteiger partial charge on any atom is -0.354 e. The maximum Gasteiger partial charge on any atom is 0.225 e. The number of anilines is 1. The van der Waals surface area contributed by atoms with Crippen molar-refractivity contribution in [2.24, 2.45) is 5.92 Å². The van der Waals surface area contributed by atoms with E-state index in [1.807, 2.05) is 10.7 Å². The van der Waals surface area contributed by atoms with E-state index in [2.05, 4.69) is 86.4 Å². The van der Waals surface area contributed by atoms with Gasteiger partial charge in [-0.25, -0.2) is 9.50 Å². The Balaban J connectivity index is 1.30. The molecule has 0 radical (unpaired) electrons.